The number of hydrogen-bond acceptors (Lipinski definition) is 2. The number of ether oxygens (including phenoxy) is 1. The second kappa shape index (κ2) is 6.10. The standard InChI is InChI=1S/C18H23NO/c1-13-6-7-14(2)17(12-13)18(19(3)4)15-8-10-16(20-5)11-9-15/h6-12,18H,1-5H3. The van der Waals surface area contributed by atoms with Gasteiger partial charge in [-0.15, -0.1) is 0 Å². The maximum absolute atomic E-state index is 5.24. The molecule has 0 fully saturated rings. The third-order valence-corrected chi connectivity index (χ3v) is 3.68. The van der Waals surface area contributed by atoms with Crippen LogP contribution in [0.2, 0.25) is 0 Å². The summed E-state index contributed by atoms with van der Waals surface area (Å²) in [5, 5.41) is 0. The van der Waals surface area contributed by atoms with E-state index < -0.39 is 0 Å². The Morgan fingerprint density at radius 3 is 2.15 bits per heavy atom. The fraction of sp³-hybridized carbons (Fsp3) is 0.333. The van der Waals surface area contributed by atoms with E-state index in [1.807, 2.05) is 12.1 Å². The number of aryl methyl sites for hydroxylation is 2. The molecule has 0 aromatic heterocycles. The molecule has 0 spiro atoms. The molecular formula is C18H23NO. The Bertz CT molecular complexity index is 572. The Morgan fingerprint density at radius 2 is 1.60 bits per heavy atom. The number of hydrogen-bond donors (Lipinski definition) is 0. The first-order valence-corrected chi connectivity index (χ1v) is 6.90. The van der Waals surface area contributed by atoms with Crippen LogP contribution < -0.4 is 4.74 Å². The zero-order chi connectivity index (χ0) is 14.7. The van der Waals surface area contributed by atoms with Gasteiger partial charge in [0.25, 0.3) is 0 Å². The van der Waals surface area contributed by atoms with Crippen molar-refractivity contribution in [2.75, 3.05) is 21.2 Å². The normalized spacial score (nSPS) is 12.5. The minimum Gasteiger partial charge on any atom is -0.497 e. The molecule has 0 saturated carbocycles. The van der Waals surface area contributed by atoms with Crippen LogP contribution in [0.4, 0.5) is 0 Å². The van der Waals surface area contributed by atoms with Gasteiger partial charge in [0.1, 0.15) is 5.75 Å². The number of methoxy groups -OCH3 is 1. The lowest BCUT2D eigenvalue weighted by atomic mass is 9.93. The van der Waals surface area contributed by atoms with Gasteiger partial charge in [-0.05, 0) is 56.8 Å². The lowest BCUT2D eigenvalue weighted by molar-refractivity contribution is 0.340. The zero-order valence-corrected chi connectivity index (χ0v) is 13.0. The highest BCUT2D eigenvalue weighted by Crippen LogP contribution is 2.30. The van der Waals surface area contributed by atoms with Crippen LogP contribution in [-0.4, -0.2) is 26.1 Å². The predicted molar refractivity (Wildman–Crippen MR) is 84.4 cm³/mol. The van der Waals surface area contributed by atoms with Gasteiger partial charge >= 0.3 is 0 Å². The van der Waals surface area contributed by atoms with E-state index in [0.29, 0.717) is 0 Å². The van der Waals surface area contributed by atoms with Crippen molar-refractivity contribution in [3.05, 3.63) is 64.7 Å². The van der Waals surface area contributed by atoms with Gasteiger partial charge in [-0.1, -0.05) is 35.9 Å². The van der Waals surface area contributed by atoms with Crippen molar-refractivity contribution in [1.82, 2.24) is 4.90 Å². The smallest absolute Gasteiger partial charge is 0.118 e. The van der Waals surface area contributed by atoms with Crippen molar-refractivity contribution < 1.29 is 4.74 Å². The Morgan fingerprint density at radius 1 is 0.950 bits per heavy atom. The minimum absolute atomic E-state index is 0.265. The number of rotatable bonds is 4. The van der Waals surface area contributed by atoms with Crippen molar-refractivity contribution in [3.63, 3.8) is 0 Å². The summed E-state index contributed by atoms with van der Waals surface area (Å²) in [7, 11) is 5.94. The van der Waals surface area contributed by atoms with E-state index in [2.05, 4.69) is 63.2 Å². The highest BCUT2D eigenvalue weighted by molar-refractivity contribution is 5.40. The van der Waals surface area contributed by atoms with Gasteiger partial charge in [0.15, 0.2) is 0 Å². The molecule has 2 aromatic rings. The minimum atomic E-state index is 0.265. The topological polar surface area (TPSA) is 12.5 Å². The maximum atomic E-state index is 5.24. The van der Waals surface area contributed by atoms with Gasteiger partial charge in [0, 0.05) is 0 Å². The Hall–Kier alpha value is -1.80. The first-order valence-electron chi connectivity index (χ1n) is 6.90. The molecule has 0 aliphatic rings. The first kappa shape index (κ1) is 14.6. The molecule has 0 aliphatic heterocycles. The number of benzene rings is 2. The summed E-state index contributed by atoms with van der Waals surface area (Å²) in [6.07, 6.45) is 0. The second-order valence-electron chi connectivity index (χ2n) is 5.50. The molecule has 2 heteroatoms. The molecule has 2 nitrogen and oxygen atoms in total. The summed E-state index contributed by atoms with van der Waals surface area (Å²) >= 11 is 0. The van der Waals surface area contributed by atoms with Crippen LogP contribution in [0.5, 0.6) is 5.75 Å². The Balaban J connectivity index is 2.47. The van der Waals surface area contributed by atoms with E-state index >= 15 is 0 Å². The van der Waals surface area contributed by atoms with Gasteiger partial charge in [-0.25, -0.2) is 0 Å². The summed E-state index contributed by atoms with van der Waals surface area (Å²) in [5.41, 5.74) is 5.26. The van der Waals surface area contributed by atoms with Crippen LogP contribution in [0.25, 0.3) is 0 Å². The van der Waals surface area contributed by atoms with Gasteiger partial charge < -0.3 is 4.74 Å². The fourth-order valence-corrected chi connectivity index (χ4v) is 2.60. The average Bonchev–Trinajstić information content (AvgIpc) is 2.43. The van der Waals surface area contributed by atoms with E-state index in [1.165, 1.54) is 22.3 Å². The molecule has 0 heterocycles. The molecule has 106 valence electrons. The second-order valence-corrected chi connectivity index (χ2v) is 5.50. The predicted octanol–water partition coefficient (Wildman–Crippen LogP) is 3.96. The molecule has 20 heavy (non-hydrogen) atoms. The van der Waals surface area contributed by atoms with Crippen molar-refractivity contribution in [2.45, 2.75) is 19.9 Å². The molecule has 0 radical (unpaired) electrons. The maximum Gasteiger partial charge on any atom is 0.118 e. The van der Waals surface area contributed by atoms with Crippen LogP contribution >= 0.6 is 0 Å². The summed E-state index contributed by atoms with van der Waals surface area (Å²) in [5.74, 6) is 0.896. The molecule has 1 atom stereocenters. The van der Waals surface area contributed by atoms with Crippen molar-refractivity contribution in [1.29, 1.82) is 0 Å². The number of nitrogens with zero attached hydrogens (tertiary/aromatic N) is 1. The SMILES string of the molecule is COc1ccc(C(c2cc(C)ccc2C)N(C)C)cc1. The van der Waals surface area contributed by atoms with Crippen LogP contribution in [0.15, 0.2) is 42.5 Å². The van der Waals surface area contributed by atoms with Gasteiger partial charge in [-0.3, -0.25) is 4.90 Å². The van der Waals surface area contributed by atoms with Crippen molar-refractivity contribution in [3.8, 4) is 5.75 Å². The van der Waals surface area contributed by atoms with Crippen LogP contribution in [0, 0.1) is 13.8 Å². The summed E-state index contributed by atoms with van der Waals surface area (Å²) in [6, 6.07) is 15.2. The highest BCUT2D eigenvalue weighted by atomic mass is 16.5. The lowest BCUT2D eigenvalue weighted by Gasteiger charge is -2.27. The van der Waals surface area contributed by atoms with E-state index in [0.717, 1.165) is 5.75 Å². The molecule has 2 rings (SSSR count). The molecule has 2 aromatic carbocycles. The quantitative estimate of drug-likeness (QED) is 0.833. The van der Waals surface area contributed by atoms with Crippen LogP contribution in [0.3, 0.4) is 0 Å². The van der Waals surface area contributed by atoms with Crippen molar-refractivity contribution >= 4 is 0 Å². The Labute approximate surface area is 122 Å². The van der Waals surface area contributed by atoms with Gasteiger partial charge in [0.05, 0.1) is 13.2 Å². The van der Waals surface area contributed by atoms with Crippen molar-refractivity contribution in [2.24, 2.45) is 0 Å². The molecule has 0 aliphatic carbocycles. The molecule has 1 unspecified atom stereocenters. The third-order valence-electron chi connectivity index (χ3n) is 3.68. The van der Waals surface area contributed by atoms with Gasteiger partial charge in [0.2, 0.25) is 0 Å². The molecule has 0 saturated heterocycles. The molecule has 0 bridgehead atoms. The van der Waals surface area contributed by atoms with E-state index in [-0.39, 0.29) is 6.04 Å². The average molecular weight is 269 g/mol. The van der Waals surface area contributed by atoms with E-state index in [1.54, 1.807) is 7.11 Å². The van der Waals surface area contributed by atoms with Crippen LogP contribution in [-0.2, 0) is 0 Å². The molecule has 0 amide bonds. The summed E-state index contributed by atoms with van der Waals surface area (Å²) in [4.78, 5) is 2.25. The fourth-order valence-electron chi connectivity index (χ4n) is 2.60. The third kappa shape index (κ3) is 3.02. The van der Waals surface area contributed by atoms with E-state index in [9.17, 15) is 0 Å². The monoisotopic (exact) mass is 269 g/mol. The highest BCUT2D eigenvalue weighted by Gasteiger charge is 2.18. The Kier molecular flexibility index (Phi) is 4.46. The van der Waals surface area contributed by atoms with Gasteiger partial charge in [-0.2, -0.15) is 0 Å². The summed E-state index contributed by atoms with van der Waals surface area (Å²) in [6.45, 7) is 4.32. The summed E-state index contributed by atoms with van der Waals surface area (Å²) < 4.78 is 5.24. The molecule has 0 N–H and O–H groups in total. The lowest BCUT2D eigenvalue weighted by Crippen LogP contribution is -2.22. The van der Waals surface area contributed by atoms with E-state index in [4.69, 9.17) is 4.74 Å². The molecular weight excluding hydrogens is 246 g/mol. The first-order chi connectivity index (χ1) is 9.52. The van der Waals surface area contributed by atoms with Crippen LogP contribution in [0.1, 0.15) is 28.3 Å². The zero-order valence-electron chi connectivity index (χ0n) is 13.0. The largest absolute Gasteiger partial charge is 0.497 e.